The van der Waals surface area contributed by atoms with E-state index in [0.29, 0.717) is 17.6 Å². The molecule has 0 aromatic carbocycles. The zero-order valence-corrected chi connectivity index (χ0v) is 16.4. The Labute approximate surface area is 156 Å². The van der Waals surface area contributed by atoms with Crippen molar-refractivity contribution in [2.24, 2.45) is 5.41 Å². The van der Waals surface area contributed by atoms with E-state index in [1.807, 2.05) is 6.92 Å². The first-order valence-corrected chi connectivity index (χ1v) is 9.19. The molecule has 1 aliphatic rings. The molecule has 0 saturated heterocycles. The third-order valence-electron chi connectivity index (χ3n) is 5.23. The van der Waals surface area contributed by atoms with E-state index in [1.54, 1.807) is 26.0 Å². The quantitative estimate of drug-likeness (QED) is 0.284. The molecule has 1 rings (SSSR count). The van der Waals surface area contributed by atoms with Crippen molar-refractivity contribution in [2.75, 3.05) is 13.7 Å². The fraction of sp³-hybridized carbons (Fsp3) is 0.619. The second-order valence-electron chi connectivity index (χ2n) is 7.43. The van der Waals surface area contributed by atoms with E-state index < -0.39 is 17.0 Å². The zero-order chi connectivity index (χ0) is 19.8. The summed E-state index contributed by atoms with van der Waals surface area (Å²) in [6, 6.07) is 0. The Morgan fingerprint density at radius 1 is 1.31 bits per heavy atom. The molecule has 0 fully saturated rings. The van der Waals surface area contributed by atoms with Crippen LogP contribution in [0, 0.1) is 5.41 Å². The second kappa shape index (κ2) is 9.83. The van der Waals surface area contributed by atoms with Gasteiger partial charge in [-0.3, -0.25) is 4.79 Å². The maximum atomic E-state index is 12.1. The fourth-order valence-electron chi connectivity index (χ4n) is 3.53. The molecule has 1 aliphatic carbocycles. The van der Waals surface area contributed by atoms with Gasteiger partial charge in [0.25, 0.3) is 0 Å². The topological polar surface area (TPSA) is 83.8 Å². The molecule has 0 amide bonds. The van der Waals surface area contributed by atoms with Gasteiger partial charge in [-0.1, -0.05) is 32.3 Å². The van der Waals surface area contributed by atoms with Crippen LogP contribution in [0.25, 0.3) is 0 Å². The maximum absolute atomic E-state index is 12.1. The van der Waals surface area contributed by atoms with E-state index in [2.05, 4.69) is 4.74 Å². The number of hydrogen-bond donors (Lipinski definition) is 2. The summed E-state index contributed by atoms with van der Waals surface area (Å²) in [6.45, 7) is 5.66. The van der Waals surface area contributed by atoms with Gasteiger partial charge < -0.3 is 14.9 Å². The molecule has 0 bridgehead atoms. The summed E-state index contributed by atoms with van der Waals surface area (Å²) in [5, 5.41) is 20.3. The first kappa shape index (κ1) is 22.3. The molecule has 5 heteroatoms. The van der Waals surface area contributed by atoms with Gasteiger partial charge in [-0.05, 0) is 50.0 Å². The molecule has 5 nitrogen and oxygen atoms in total. The lowest BCUT2D eigenvalue weighted by atomic mass is 9.61. The molecular weight excluding hydrogens is 332 g/mol. The summed E-state index contributed by atoms with van der Waals surface area (Å²) >= 11 is 0. The third-order valence-corrected chi connectivity index (χ3v) is 5.23. The number of rotatable bonds is 9. The van der Waals surface area contributed by atoms with Crippen molar-refractivity contribution in [2.45, 2.75) is 64.9 Å². The highest BCUT2D eigenvalue weighted by Gasteiger charge is 2.49. The number of ketones is 1. The number of methoxy groups -OCH3 is 1. The number of ether oxygens (including phenoxy) is 1. The average molecular weight is 364 g/mol. The minimum atomic E-state index is -1.25. The van der Waals surface area contributed by atoms with Gasteiger partial charge in [0, 0.05) is 24.5 Å². The molecule has 0 spiro atoms. The van der Waals surface area contributed by atoms with Crippen LogP contribution in [0.3, 0.4) is 0 Å². The number of hydrogen-bond acceptors (Lipinski definition) is 5. The highest BCUT2D eigenvalue weighted by atomic mass is 16.5. The van der Waals surface area contributed by atoms with Crippen LogP contribution in [0.5, 0.6) is 0 Å². The normalized spacial score (nSPS) is 26.9. The molecule has 26 heavy (non-hydrogen) atoms. The Hall–Kier alpha value is -1.72. The lowest BCUT2D eigenvalue weighted by Crippen LogP contribution is -2.49. The van der Waals surface area contributed by atoms with Gasteiger partial charge in [-0.25, -0.2) is 4.79 Å². The number of allylic oxidation sites excluding steroid dienone is 3. The lowest BCUT2D eigenvalue weighted by Gasteiger charge is -2.46. The Bertz CT molecular complexity index is 602. The first-order valence-electron chi connectivity index (χ1n) is 9.19. The van der Waals surface area contributed by atoms with Crippen molar-refractivity contribution in [3.05, 3.63) is 35.5 Å². The predicted octanol–water partition coefficient (Wildman–Crippen LogP) is 3.26. The van der Waals surface area contributed by atoms with E-state index in [9.17, 15) is 14.7 Å². The summed E-state index contributed by atoms with van der Waals surface area (Å²) in [5.74, 6) is -0.419. The Kier molecular flexibility index (Phi) is 8.44. The Morgan fingerprint density at radius 3 is 2.58 bits per heavy atom. The van der Waals surface area contributed by atoms with Gasteiger partial charge in [0.05, 0.1) is 7.11 Å². The third kappa shape index (κ3) is 5.64. The van der Waals surface area contributed by atoms with Crippen LogP contribution in [0.15, 0.2) is 35.5 Å². The highest BCUT2D eigenvalue weighted by Crippen LogP contribution is 2.48. The SMILES string of the molecule is COC(=O)/C=C(C)\C=C\[C@@]1(O)C(C)=CC(=O)C[C@]1(C)CCCCCCO. The number of aliphatic hydroxyl groups is 2. The van der Waals surface area contributed by atoms with Crippen LogP contribution >= 0.6 is 0 Å². The van der Waals surface area contributed by atoms with Gasteiger partial charge in [-0.15, -0.1) is 0 Å². The van der Waals surface area contributed by atoms with Crippen molar-refractivity contribution >= 4 is 11.8 Å². The summed E-state index contributed by atoms with van der Waals surface area (Å²) in [7, 11) is 1.32. The molecule has 0 heterocycles. The van der Waals surface area contributed by atoms with Gasteiger partial charge in [0.1, 0.15) is 5.60 Å². The molecule has 0 aromatic heterocycles. The van der Waals surface area contributed by atoms with Gasteiger partial charge in [0.2, 0.25) is 0 Å². The molecule has 0 saturated carbocycles. The van der Waals surface area contributed by atoms with Gasteiger partial charge >= 0.3 is 5.97 Å². The highest BCUT2D eigenvalue weighted by molar-refractivity contribution is 5.93. The van der Waals surface area contributed by atoms with Crippen molar-refractivity contribution in [3.8, 4) is 0 Å². The number of carbonyl (C=O) groups is 2. The van der Waals surface area contributed by atoms with E-state index in [4.69, 9.17) is 5.11 Å². The number of unbranched alkanes of at least 4 members (excludes halogenated alkanes) is 3. The molecule has 2 N–H and O–H groups in total. The standard InChI is InChI=1S/C21H32O5/c1-16(13-19(24)26-4)9-11-21(25)17(2)14-18(23)15-20(21,3)10-7-5-6-8-12-22/h9,11,13-14,22,25H,5-8,10,12,15H2,1-4H3/b11-9+,16-13-/t20-,21+/m0/s1. The largest absolute Gasteiger partial charge is 0.466 e. The Balaban J connectivity index is 3.02. The second-order valence-corrected chi connectivity index (χ2v) is 7.43. The van der Waals surface area contributed by atoms with Crippen molar-refractivity contribution < 1.29 is 24.5 Å². The summed E-state index contributed by atoms with van der Waals surface area (Å²) < 4.78 is 4.61. The number of aliphatic hydroxyl groups excluding tert-OH is 1. The van der Waals surface area contributed by atoms with E-state index in [-0.39, 0.29) is 18.8 Å². The molecule has 0 radical (unpaired) electrons. The number of carbonyl (C=O) groups excluding carboxylic acids is 2. The molecule has 0 aliphatic heterocycles. The minimum absolute atomic E-state index is 0.0280. The van der Waals surface area contributed by atoms with Crippen LogP contribution in [-0.2, 0) is 14.3 Å². The summed E-state index contributed by atoms with van der Waals surface area (Å²) in [4.78, 5) is 23.5. The monoisotopic (exact) mass is 364 g/mol. The lowest BCUT2D eigenvalue weighted by molar-refractivity contribution is -0.134. The average Bonchev–Trinajstić information content (AvgIpc) is 2.57. The Morgan fingerprint density at radius 2 is 1.96 bits per heavy atom. The summed E-state index contributed by atoms with van der Waals surface area (Å²) in [6.07, 6.45) is 10.8. The molecule has 146 valence electrons. The molecule has 0 unspecified atom stereocenters. The molecular formula is C21H32O5. The predicted molar refractivity (Wildman–Crippen MR) is 102 cm³/mol. The van der Waals surface area contributed by atoms with Gasteiger partial charge in [0.15, 0.2) is 5.78 Å². The van der Waals surface area contributed by atoms with Crippen LogP contribution in [0.4, 0.5) is 0 Å². The van der Waals surface area contributed by atoms with E-state index in [1.165, 1.54) is 19.3 Å². The van der Waals surface area contributed by atoms with E-state index in [0.717, 1.165) is 25.7 Å². The van der Waals surface area contributed by atoms with Crippen molar-refractivity contribution in [1.29, 1.82) is 0 Å². The van der Waals surface area contributed by atoms with Gasteiger partial charge in [-0.2, -0.15) is 0 Å². The fourth-order valence-corrected chi connectivity index (χ4v) is 3.53. The van der Waals surface area contributed by atoms with Crippen LogP contribution < -0.4 is 0 Å². The van der Waals surface area contributed by atoms with Crippen molar-refractivity contribution in [1.82, 2.24) is 0 Å². The summed E-state index contributed by atoms with van der Waals surface area (Å²) in [5.41, 5.74) is -0.568. The molecule has 2 atom stereocenters. The van der Waals surface area contributed by atoms with Crippen LogP contribution in [0.1, 0.15) is 59.3 Å². The maximum Gasteiger partial charge on any atom is 0.330 e. The zero-order valence-electron chi connectivity index (χ0n) is 16.4. The van der Waals surface area contributed by atoms with Crippen LogP contribution in [0.2, 0.25) is 0 Å². The van der Waals surface area contributed by atoms with E-state index >= 15 is 0 Å². The first-order chi connectivity index (χ1) is 12.2. The van der Waals surface area contributed by atoms with Crippen LogP contribution in [-0.4, -0.2) is 41.3 Å². The minimum Gasteiger partial charge on any atom is -0.466 e. The number of esters is 1. The smallest absolute Gasteiger partial charge is 0.330 e. The van der Waals surface area contributed by atoms with Crippen molar-refractivity contribution in [3.63, 3.8) is 0 Å². The molecule has 0 aromatic rings.